The van der Waals surface area contributed by atoms with Crippen LogP contribution in [0.15, 0.2) is 48.5 Å². The molecular weight excluding hydrogens is 256 g/mol. The van der Waals surface area contributed by atoms with Crippen LogP contribution >= 0.6 is 0 Å². The van der Waals surface area contributed by atoms with Gasteiger partial charge in [0.15, 0.2) is 12.2 Å². The fraction of sp³-hybridized carbons (Fsp3) is 0.125. The minimum Gasteiger partial charge on any atom is -0.449 e. The van der Waals surface area contributed by atoms with Crippen molar-refractivity contribution in [3.05, 3.63) is 70.8 Å². The van der Waals surface area contributed by atoms with E-state index in [0.717, 1.165) is 11.1 Å². The second kappa shape index (κ2) is 3.93. The van der Waals surface area contributed by atoms with Gasteiger partial charge in [-0.3, -0.25) is 0 Å². The van der Waals surface area contributed by atoms with Crippen molar-refractivity contribution < 1.29 is 19.1 Å². The molecule has 2 aromatic rings. The smallest absolute Gasteiger partial charge is 0.339 e. The second-order valence-corrected chi connectivity index (χ2v) is 4.83. The number of carbonyl (C=O) groups excluding carboxylic acids is 2. The highest BCUT2D eigenvalue weighted by Gasteiger charge is 2.44. The number of esters is 2. The summed E-state index contributed by atoms with van der Waals surface area (Å²) in [6, 6.07) is 14.4. The molecule has 0 N–H and O–H groups in total. The second-order valence-electron chi connectivity index (χ2n) is 4.83. The standard InChI is InChI=1S/C16H10O4/c17-15-11-7-3-1-5-9(11)13(19-15)14-10-6-2-4-8-12(10)16(18)20-14/h1-8,13-14H. The maximum Gasteiger partial charge on any atom is 0.339 e. The molecular formula is C16H10O4. The van der Waals surface area contributed by atoms with Gasteiger partial charge in [-0.05, 0) is 12.1 Å². The summed E-state index contributed by atoms with van der Waals surface area (Å²) in [5.74, 6) is -0.739. The summed E-state index contributed by atoms with van der Waals surface area (Å²) in [6.07, 6.45) is -1.13. The highest BCUT2D eigenvalue weighted by Crippen LogP contribution is 2.45. The number of fused-ring (bicyclic) bond motifs is 2. The summed E-state index contributed by atoms with van der Waals surface area (Å²) in [4.78, 5) is 23.7. The first-order chi connectivity index (χ1) is 9.75. The molecule has 0 fully saturated rings. The first kappa shape index (κ1) is 11.2. The zero-order valence-electron chi connectivity index (χ0n) is 10.4. The molecule has 2 aliphatic heterocycles. The van der Waals surface area contributed by atoms with Crippen LogP contribution in [0.3, 0.4) is 0 Å². The van der Waals surface area contributed by atoms with Crippen molar-refractivity contribution in [3.63, 3.8) is 0 Å². The molecule has 4 heteroatoms. The van der Waals surface area contributed by atoms with E-state index in [4.69, 9.17) is 9.47 Å². The van der Waals surface area contributed by atoms with Crippen LogP contribution in [-0.2, 0) is 9.47 Å². The first-order valence-electron chi connectivity index (χ1n) is 6.35. The number of carbonyl (C=O) groups is 2. The van der Waals surface area contributed by atoms with Gasteiger partial charge >= 0.3 is 11.9 Å². The first-order valence-corrected chi connectivity index (χ1v) is 6.35. The van der Waals surface area contributed by atoms with Crippen molar-refractivity contribution in [2.45, 2.75) is 12.2 Å². The predicted octanol–water partition coefficient (Wildman–Crippen LogP) is 2.81. The van der Waals surface area contributed by atoms with Crippen LogP contribution in [0.4, 0.5) is 0 Å². The maximum absolute atomic E-state index is 11.9. The molecule has 0 saturated heterocycles. The molecule has 0 saturated carbocycles. The van der Waals surface area contributed by atoms with E-state index < -0.39 is 12.2 Å². The lowest BCUT2D eigenvalue weighted by atomic mass is 9.96. The lowest BCUT2D eigenvalue weighted by Gasteiger charge is -2.18. The Morgan fingerprint density at radius 3 is 1.50 bits per heavy atom. The summed E-state index contributed by atoms with van der Waals surface area (Å²) < 4.78 is 10.8. The fourth-order valence-electron chi connectivity index (χ4n) is 2.80. The van der Waals surface area contributed by atoms with Gasteiger partial charge in [0, 0.05) is 11.1 Å². The van der Waals surface area contributed by atoms with Crippen LogP contribution in [0.1, 0.15) is 44.1 Å². The van der Waals surface area contributed by atoms with E-state index in [0.29, 0.717) is 11.1 Å². The molecule has 2 atom stereocenters. The molecule has 98 valence electrons. The zero-order chi connectivity index (χ0) is 13.7. The third-order valence-corrected chi connectivity index (χ3v) is 3.72. The Hall–Kier alpha value is -2.62. The molecule has 0 aliphatic carbocycles. The molecule has 20 heavy (non-hydrogen) atoms. The molecule has 2 aliphatic rings. The van der Waals surface area contributed by atoms with Crippen LogP contribution in [0, 0.1) is 0 Å². The minimum atomic E-state index is -0.564. The molecule has 2 aromatic carbocycles. The molecule has 0 aromatic heterocycles. The predicted molar refractivity (Wildman–Crippen MR) is 69.2 cm³/mol. The topological polar surface area (TPSA) is 52.6 Å². The van der Waals surface area contributed by atoms with Gasteiger partial charge in [0.1, 0.15) is 0 Å². The summed E-state index contributed by atoms with van der Waals surface area (Å²) >= 11 is 0. The minimum absolute atomic E-state index is 0.369. The van der Waals surface area contributed by atoms with Gasteiger partial charge < -0.3 is 9.47 Å². The average Bonchev–Trinajstić information content (AvgIpc) is 2.99. The summed E-state index contributed by atoms with van der Waals surface area (Å²) in [7, 11) is 0. The average molecular weight is 266 g/mol. The van der Waals surface area contributed by atoms with E-state index in [2.05, 4.69) is 0 Å². The van der Waals surface area contributed by atoms with Crippen molar-refractivity contribution >= 4 is 11.9 Å². The lowest BCUT2D eigenvalue weighted by molar-refractivity contribution is -0.0232. The quantitative estimate of drug-likeness (QED) is 0.745. The van der Waals surface area contributed by atoms with Crippen molar-refractivity contribution in [1.82, 2.24) is 0 Å². The number of cyclic esters (lactones) is 2. The van der Waals surface area contributed by atoms with Gasteiger partial charge in [0.05, 0.1) is 11.1 Å². The van der Waals surface area contributed by atoms with E-state index in [1.54, 1.807) is 24.3 Å². The van der Waals surface area contributed by atoms with E-state index >= 15 is 0 Å². The molecule has 0 radical (unpaired) electrons. The van der Waals surface area contributed by atoms with Gasteiger partial charge in [0.25, 0.3) is 0 Å². The Morgan fingerprint density at radius 1 is 0.650 bits per heavy atom. The lowest BCUT2D eigenvalue weighted by Crippen LogP contribution is -2.11. The SMILES string of the molecule is O=C1OC(C2OC(=O)c3ccccc32)c2ccccc21. The van der Waals surface area contributed by atoms with Crippen LogP contribution < -0.4 is 0 Å². The molecule has 4 nitrogen and oxygen atoms in total. The molecule has 4 rings (SSSR count). The van der Waals surface area contributed by atoms with Crippen LogP contribution in [0.5, 0.6) is 0 Å². The molecule has 0 amide bonds. The highest BCUT2D eigenvalue weighted by molar-refractivity contribution is 5.96. The molecule has 0 bridgehead atoms. The van der Waals surface area contributed by atoms with Gasteiger partial charge in [-0.1, -0.05) is 36.4 Å². The number of benzene rings is 2. The third-order valence-electron chi connectivity index (χ3n) is 3.72. The fourth-order valence-corrected chi connectivity index (χ4v) is 2.80. The monoisotopic (exact) mass is 266 g/mol. The zero-order valence-corrected chi connectivity index (χ0v) is 10.4. The third kappa shape index (κ3) is 1.42. The Balaban J connectivity index is 1.82. The van der Waals surface area contributed by atoms with Gasteiger partial charge in [-0.25, -0.2) is 9.59 Å². The van der Waals surface area contributed by atoms with Gasteiger partial charge in [-0.2, -0.15) is 0 Å². The number of ether oxygens (including phenoxy) is 2. The van der Waals surface area contributed by atoms with E-state index in [9.17, 15) is 9.59 Å². The Bertz CT molecular complexity index is 671. The molecule has 2 heterocycles. The largest absolute Gasteiger partial charge is 0.449 e. The summed E-state index contributed by atoms with van der Waals surface area (Å²) in [6.45, 7) is 0. The number of rotatable bonds is 1. The Kier molecular flexibility index (Phi) is 2.21. The Morgan fingerprint density at radius 2 is 1.05 bits per heavy atom. The molecule has 2 unspecified atom stereocenters. The van der Waals surface area contributed by atoms with E-state index in [-0.39, 0.29) is 11.9 Å². The summed E-state index contributed by atoms with van der Waals surface area (Å²) in [5.41, 5.74) is 2.62. The maximum atomic E-state index is 11.9. The van der Waals surface area contributed by atoms with Gasteiger partial charge in [-0.15, -0.1) is 0 Å². The molecule has 0 spiro atoms. The van der Waals surface area contributed by atoms with Crippen molar-refractivity contribution in [3.8, 4) is 0 Å². The van der Waals surface area contributed by atoms with Gasteiger partial charge in [0.2, 0.25) is 0 Å². The van der Waals surface area contributed by atoms with Crippen LogP contribution in [-0.4, -0.2) is 11.9 Å². The van der Waals surface area contributed by atoms with Crippen molar-refractivity contribution in [1.29, 1.82) is 0 Å². The normalized spacial score (nSPS) is 23.0. The van der Waals surface area contributed by atoms with E-state index in [1.807, 2.05) is 24.3 Å². The number of hydrogen-bond donors (Lipinski definition) is 0. The summed E-state index contributed by atoms with van der Waals surface area (Å²) in [5, 5.41) is 0. The van der Waals surface area contributed by atoms with Crippen molar-refractivity contribution in [2.24, 2.45) is 0 Å². The highest BCUT2D eigenvalue weighted by atomic mass is 16.6. The number of hydrogen-bond acceptors (Lipinski definition) is 4. The van der Waals surface area contributed by atoms with Crippen molar-refractivity contribution in [2.75, 3.05) is 0 Å². The van der Waals surface area contributed by atoms with Crippen LogP contribution in [0.2, 0.25) is 0 Å². The van der Waals surface area contributed by atoms with E-state index in [1.165, 1.54) is 0 Å². The van der Waals surface area contributed by atoms with Crippen LogP contribution in [0.25, 0.3) is 0 Å². The Labute approximate surface area is 114 Å².